The number of para-hydroxylation sites is 2. The quantitative estimate of drug-likeness (QED) is 0.332. The maximum atomic E-state index is 13.8. The van der Waals surface area contributed by atoms with Crippen molar-refractivity contribution in [2.45, 2.75) is 57.3 Å². The summed E-state index contributed by atoms with van der Waals surface area (Å²) in [6, 6.07) is 13.3. The van der Waals surface area contributed by atoms with Gasteiger partial charge in [-0.3, -0.25) is 9.59 Å². The van der Waals surface area contributed by atoms with E-state index in [9.17, 15) is 19.2 Å². The van der Waals surface area contributed by atoms with Gasteiger partial charge in [0.15, 0.2) is 0 Å². The number of piperazine rings is 1. The second-order valence-corrected chi connectivity index (χ2v) is 10.6. The highest BCUT2D eigenvalue weighted by atomic mass is 16.6. The van der Waals surface area contributed by atoms with Crippen LogP contribution >= 0.6 is 0 Å². The number of amides is 4. The summed E-state index contributed by atoms with van der Waals surface area (Å²) in [5.41, 5.74) is 1.59. The van der Waals surface area contributed by atoms with Crippen molar-refractivity contribution in [3.63, 3.8) is 0 Å². The molecular formula is C29H35N5O6. The molecule has 2 heterocycles. The largest absolute Gasteiger partial charge is 0.469 e. The van der Waals surface area contributed by atoms with Gasteiger partial charge in [0.05, 0.1) is 25.6 Å². The van der Waals surface area contributed by atoms with E-state index in [0.717, 1.165) is 16.5 Å². The zero-order chi connectivity index (χ0) is 28.9. The first-order valence-corrected chi connectivity index (χ1v) is 13.1. The van der Waals surface area contributed by atoms with Crippen molar-refractivity contribution < 1.29 is 28.7 Å². The minimum absolute atomic E-state index is 0.0432. The van der Waals surface area contributed by atoms with Crippen molar-refractivity contribution in [1.82, 2.24) is 20.5 Å². The summed E-state index contributed by atoms with van der Waals surface area (Å²) in [5.74, 6) is -1.14. The second-order valence-electron chi connectivity index (χ2n) is 10.6. The minimum Gasteiger partial charge on any atom is -0.469 e. The molecular weight excluding hydrogens is 514 g/mol. The number of aromatic nitrogens is 1. The Hall–Kier alpha value is -4.54. The molecule has 4 rings (SSSR count). The highest BCUT2D eigenvalue weighted by molar-refractivity contribution is 5.96. The van der Waals surface area contributed by atoms with Gasteiger partial charge in [0.1, 0.15) is 11.6 Å². The smallest absolute Gasteiger partial charge is 0.407 e. The molecule has 212 valence electrons. The first-order chi connectivity index (χ1) is 19.1. The van der Waals surface area contributed by atoms with Crippen molar-refractivity contribution in [2.24, 2.45) is 0 Å². The molecule has 1 fully saturated rings. The number of rotatable bonds is 7. The first-order valence-electron chi connectivity index (χ1n) is 13.1. The van der Waals surface area contributed by atoms with E-state index in [1.807, 2.05) is 36.5 Å². The van der Waals surface area contributed by atoms with Crippen LogP contribution in [0, 0.1) is 0 Å². The van der Waals surface area contributed by atoms with Crippen LogP contribution in [0.1, 0.15) is 32.8 Å². The third kappa shape index (κ3) is 6.90. The molecule has 0 saturated carbocycles. The highest BCUT2D eigenvalue weighted by Gasteiger charge is 2.45. The lowest BCUT2D eigenvalue weighted by Gasteiger charge is -2.44. The monoisotopic (exact) mass is 549 g/mol. The molecule has 11 heteroatoms. The van der Waals surface area contributed by atoms with Gasteiger partial charge >= 0.3 is 18.1 Å². The van der Waals surface area contributed by atoms with Gasteiger partial charge in [-0.05, 0) is 51.0 Å². The average molecular weight is 550 g/mol. The van der Waals surface area contributed by atoms with E-state index in [2.05, 4.69) is 20.9 Å². The lowest BCUT2D eigenvalue weighted by atomic mass is 9.93. The summed E-state index contributed by atoms with van der Waals surface area (Å²) in [7, 11) is 1.22. The number of fused-ring (bicyclic) bond motifs is 1. The maximum Gasteiger partial charge on any atom is 0.407 e. The van der Waals surface area contributed by atoms with Gasteiger partial charge < -0.3 is 35.3 Å². The predicted molar refractivity (Wildman–Crippen MR) is 150 cm³/mol. The Balaban J connectivity index is 1.73. The highest BCUT2D eigenvalue weighted by Crippen LogP contribution is 2.25. The summed E-state index contributed by atoms with van der Waals surface area (Å²) < 4.78 is 10.4. The van der Waals surface area contributed by atoms with E-state index in [-0.39, 0.29) is 13.0 Å². The molecule has 4 amide bonds. The van der Waals surface area contributed by atoms with Crippen LogP contribution < -0.4 is 16.0 Å². The number of carbonyl (C=O) groups excluding carboxylic acids is 4. The number of esters is 1. The second kappa shape index (κ2) is 12.1. The number of carbonyl (C=O) groups is 4. The Labute approximate surface area is 232 Å². The summed E-state index contributed by atoms with van der Waals surface area (Å²) in [6.45, 7) is 5.32. The number of hydrogen-bond donors (Lipinski definition) is 4. The van der Waals surface area contributed by atoms with Gasteiger partial charge in [-0.25, -0.2) is 9.59 Å². The zero-order valence-corrected chi connectivity index (χ0v) is 23.0. The molecule has 40 heavy (non-hydrogen) atoms. The number of benzene rings is 2. The third-order valence-corrected chi connectivity index (χ3v) is 6.61. The molecule has 11 nitrogen and oxygen atoms in total. The Morgan fingerprint density at radius 1 is 1.07 bits per heavy atom. The molecule has 0 radical (unpaired) electrons. The molecule has 0 unspecified atom stereocenters. The van der Waals surface area contributed by atoms with Crippen molar-refractivity contribution in [2.75, 3.05) is 19.0 Å². The summed E-state index contributed by atoms with van der Waals surface area (Å²) in [4.78, 5) is 56.7. The van der Waals surface area contributed by atoms with Crippen LogP contribution in [0.5, 0.6) is 0 Å². The number of H-pyrrole nitrogens is 1. The molecule has 2 aromatic carbocycles. The van der Waals surface area contributed by atoms with E-state index in [4.69, 9.17) is 9.47 Å². The normalized spacial score (nSPS) is 18.0. The van der Waals surface area contributed by atoms with Gasteiger partial charge in [-0.2, -0.15) is 0 Å². The van der Waals surface area contributed by atoms with E-state index < -0.39 is 47.7 Å². The standard InChI is InChI=1S/C29H35N5O6/c1-29(2,3)40-28(38)33-22(14-18-16-30-21-13-9-8-12-20(18)21)24-17-31-26(36)23(15-25(35)39-4)34(24)27(37)32-19-10-6-5-7-11-19/h5-13,16,22-24,30H,14-15,17H2,1-4H3,(H,31,36)(H,32,37)(H,33,38)/t22-,23+,24-/m1/s1. The van der Waals surface area contributed by atoms with Gasteiger partial charge in [-0.1, -0.05) is 36.4 Å². The lowest BCUT2D eigenvalue weighted by Crippen LogP contribution is -2.69. The Morgan fingerprint density at radius 2 is 1.77 bits per heavy atom. The number of methoxy groups -OCH3 is 1. The molecule has 1 aliphatic rings. The number of ether oxygens (including phenoxy) is 2. The Bertz CT molecular complexity index is 1370. The molecule has 4 N–H and O–H groups in total. The van der Waals surface area contributed by atoms with Crippen LogP contribution in [0.4, 0.5) is 15.3 Å². The number of aromatic amines is 1. The van der Waals surface area contributed by atoms with Crippen molar-refractivity contribution in [3.05, 3.63) is 66.4 Å². The van der Waals surface area contributed by atoms with Gasteiger partial charge in [0, 0.05) is 29.3 Å². The van der Waals surface area contributed by atoms with E-state index in [1.165, 1.54) is 12.0 Å². The fourth-order valence-corrected chi connectivity index (χ4v) is 4.83. The molecule has 3 atom stereocenters. The Morgan fingerprint density at radius 3 is 2.48 bits per heavy atom. The number of alkyl carbamates (subject to hydrolysis) is 1. The van der Waals surface area contributed by atoms with Gasteiger partial charge in [0.2, 0.25) is 5.91 Å². The van der Waals surface area contributed by atoms with Crippen molar-refractivity contribution in [3.8, 4) is 0 Å². The van der Waals surface area contributed by atoms with E-state index in [0.29, 0.717) is 12.1 Å². The molecule has 0 bridgehead atoms. The van der Waals surface area contributed by atoms with Crippen LogP contribution in [0.15, 0.2) is 60.8 Å². The van der Waals surface area contributed by atoms with Crippen LogP contribution in [0.3, 0.4) is 0 Å². The molecule has 0 spiro atoms. The molecule has 1 aromatic heterocycles. The van der Waals surface area contributed by atoms with Gasteiger partial charge in [-0.15, -0.1) is 0 Å². The van der Waals surface area contributed by atoms with Gasteiger partial charge in [0.25, 0.3) is 0 Å². The van der Waals surface area contributed by atoms with E-state index >= 15 is 0 Å². The first kappa shape index (κ1) is 28.5. The van der Waals surface area contributed by atoms with Crippen LogP contribution in [0.2, 0.25) is 0 Å². The number of urea groups is 1. The van der Waals surface area contributed by atoms with Crippen LogP contribution in [-0.4, -0.2) is 71.3 Å². The molecule has 3 aromatic rings. The summed E-state index contributed by atoms with van der Waals surface area (Å²) in [5, 5.41) is 9.53. The molecule has 0 aliphatic carbocycles. The minimum atomic E-state index is -1.17. The van der Waals surface area contributed by atoms with Crippen molar-refractivity contribution in [1.29, 1.82) is 0 Å². The Kier molecular flexibility index (Phi) is 8.61. The number of nitrogens with one attached hydrogen (secondary N) is 4. The fourth-order valence-electron chi connectivity index (χ4n) is 4.83. The zero-order valence-electron chi connectivity index (χ0n) is 23.0. The number of nitrogens with zero attached hydrogens (tertiary/aromatic N) is 1. The topological polar surface area (TPSA) is 142 Å². The maximum absolute atomic E-state index is 13.8. The predicted octanol–water partition coefficient (Wildman–Crippen LogP) is 3.57. The number of hydrogen-bond acceptors (Lipinski definition) is 6. The summed E-state index contributed by atoms with van der Waals surface area (Å²) >= 11 is 0. The lowest BCUT2D eigenvalue weighted by molar-refractivity contribution is -0.145. The third-order valence-electron chi connectivity index (χ3n) is 6.61. The van der Waals surface area contributed by atoms with Crippen LogP contribution in [-0.2, 0) is 25.5 Å². The van der Waals surface area contributed by atoms with E-state index in [1.54, 1.807) is 45.0 Å². The van der Waals surface area contributed by atoms with Crippen LogP contribution in [0.25, 0.3) is 10.9 Å². The number of anilines is 1. The molecule has 1 aliphatic heterocycles. The SMILES string of the molecule is COC(=O)C[C@H]1C(=O)NC[C@H]([C@@H](Cc2c[nH]c3ccccc23)NC(=O)OC(C)(C)C)N1C(=O)Nc1ccccc1. The fraction of sp³-hybridized carbons (Fsp3) is 0.379. The molecule has 1 saturated heterocycles. The average Bonchev–Trinajstić information content (AvgIpc) is 3.31. The summed E-state index contributed by atoms with van der Waals surface area (Å²) in [6.07, 6.45) is 1.15. The van der Waals surface area contributed by atoms with Crippen molar-refractivity contribution >= 4 is 40.6 Å².